The third kappa shape index (κ3) is 26.9. The molecule has 44 heteroatoms. The number of carbonyl (C=O) groups excluding carboxylic acids is 1. The van der Waals surface area contributed by atoms with E-state index in [1.165, 1.54) is 101 Å². The molecule has 4 saturated heterocycles. The summed E-state index contributed by atoms with van der Waals surface area (Å²) in [4.78, 5) is 36.4. The highest BCUT2D eigenvalue weighted by Gasteiger charge is 2.60. The molecule has 39 nitrogen and oxygen atoms in total. The maximum absolute atomic E-state index is 12.7. The lowest BCUT2D eigenvalue weighted by Crippen LogP contribution is -2.71. The number of carbonyl (C=O) groups is 3. The molecule has 0 aromatic heterocycles. The number of allylic oxidation sites excluding steroid dienone is 1. The molecule has 516 valence electrons. The Labute approximate surface area is 506 Å². The van der Waals surface area contributed by atoms with Crippen molar-refractivity contribution < 1.29 is 170 Å². The normalized spacial score (nSPS) is 33.4. The monoisotopic (exact) mass is 1390 g/mol. The van der Waals surface area contributed by atoms with Gasteiger partial charge in [-0.15, -0.1) is 6.58 Å². The van der Waals surface area contributed by atoms with E-state index < -0.39 is 206 Å². The first-order valence-corrected chi connectivity index (χ1v) is 33.9. The van der Waals surface area contributed by atoms with Crippen LogP contribution in [0.25, 0.3) is 0 Å². The predicted molar refractivity (Wildman–Crippen MR) is 286 cm³/mol. The Morgan fingerprint density at radius 2 is 0.943 bits per heavy atom. The van der Waals surface area contributed by atoms with Crippen molar-refractivity contribution in [2.75, 3.05) is 13.2 Å². The SMILES string of the molecule is C=CCCCCCCCCCCCCCCCC.CC(=O)N[C@@H]1[C@@H](O)[C@H](O[C@@H]2O[C@H](C(=O)O)[C@@H](O[C@@H]3O[C@H](CO)[C@@H](O[C@H]4O[C@@H](C(=O)O)[C@H](O)[C@@H](O)[C@@H]4OS(=O)(=O)O)[C@H](OS(=O)(=O)O)[C@H]3NS(=O)(=O)O)[C@H](O)[C@H]2OS(=O)(=O)O)[C@H](COS(=O)(=O)O)O[C@H]1O. The number of ether oxygens (including phenoxy) is 7. The summed E-state index contributed by atoms with van der Waals surface area (Å²) in [6.45, 7) is 3.81. The Morgan fingerprint density at radius 1 is 0.500 bits per heavy atom. The fraction of sp³-hybridized carbons (Fsp3) is 0.886. The summed E-state index contributed by atoms with van der Waals surface area (Å²) in [6.07, 6.45) is -25.6. The number of unbranched alkanes of at least 4 members (excludes halogenated alkanes) is 14. The van der Waals surface area contributed by atoms with Crippen LogP contribution in [0.4, 0.5) is 0 Å². The third-order valence-corrected chi connectivity index (χ3v) is 15.8. The van der Waals surface area contributed by atoms with E-state index >= 15 is 0 Å². The van der Waals surface area contributed by atoms with Crippen LogP contribution >= 0.6 is 0 Å². The minimum atomic E-state index is -6.09. The highest BCUT2D eigenvalue weighted by molar-refractivity contribution is 7.83. The van der Waals surface area contributed by atoms with E-state index in [1.54, 1.807) is 0 Å². The van der Waals surface area contributed by atoms with Crippen molar-refractivity contribution >= 4 is 69.7 Å². The molecular formula is C44H78N2O37S5. The molecule has 1 amide bonds. The van der Waals surface area contributed by atoms with E-state index in [1.807, 2.05) is 11.4 Å². The lowest BCUT2D eigenvalue weighted by Gasteiger charge is -2.50. The maximum atomic E-state index is 12.7. The quantitative estimate of drug-likeness (QED) is 0.0163. The van der Waals surface area contributed by atoms with Gasteiger partial charge in [-0.05, 0) is 12.8 Å². The van der Waals surface area contributed by atoms with Crippen LogP contribution in [0.5, 0.6) is 0 Å². The van der Waals surface area contributed by atoms with Gasteiger partial charge in [0.15, 0.2) is 49.6 Å². The summed E-state index contributed by atoms with van der Waals surface area (Å²) in [5.41, 5.74) is 0. The summed E-state index contributed by atoms with van der Waals surface area (Å²) in [5, 5.41) is 86.0. The van der Waals surface area contributed by atoms with Crippen LogP contribution in [0.2, 0.25) is 0 Å². The number of rotatable bonds is 36. The number of hydrogen-bond donors (Lipinski definition) is 15. The largest absolute Gasteiger partial charge is 0.479 e. The van der Waals surface area contributed by atoms with Crippen LogP contribution in [-0.4, -0.2) is 259 Å². The zero-order chi connectivity index (χ0) is 66.7. The molecule has 0 spiro atoms. The van der Waals surface area contributed by atoms with Crippen molar-refractivity contribution in [3.05, 3.63) is 12.7 Å². The molecule has 0 aliphatic carbocycles. The van der Waals surface area contributed by atoms with Crippen LogP contribution in [0, 0.1) is 0 Å². The topological polar surface area (TPSA) is 610 Å². The summed E-state index contributed by atoms with van der Waals surface area (Å²) in [5.74, 6) is -5.49. The third-order valence-electron chi connectivity index (χ3n) is 13.4. The zero-order valence-corrected chi connectivity index (χ0v) is 51.1. The van der Waals surface area contributed by atoms with Crippen molar-refractivity contribution in [1.82, 2.24) is 10.0 Å². The number of amides is 1. The van der Waals surface area contributed by atoms with Gasteiger partial charge >= 0.3 is 63.8 Å². The van der Waals surface area contributed by atoms with Gasteiger partial charge in [-0.25, -0.2) is 26.3 Å². The first-order valence-electron chi connectivity index (χ1n) is 27.0. The van der Waals surface area contributed by atoms with E-state index in [0.29, 0.717) is 0 Å². The Balaban J connectivity index is 0.000000967. The Hall–Kier alpha value is -3.02. The second kappa shape index (κ2) is 35.9. The van der Waals surface area contributed by atoms with Crippen molar-refractivity contribution in [1.29, 1.82) is 0 Å². The van der Waals surface area contributed by atoms with Gasteiger partial charge in [0.1, 0.15) is 73.1 Å². The molecule has 20 atom stereocenters. The number of nitrogens with one attached hydrogen (secondary N) is 2. The summed E-state index contributed by atoms with van der Waals surface area (Å²) >= 11 is 0. The molecule has 0 unspecified atom stereocenters. The summed E-state index contributed by atoms with van der Waals surface area (Å²) in [7, 11) is -29.1. The van der Waals surface area contributed by atoms with Gasteiger partial charge in [0.25, 0.3) is 0 Å². The molecule has 4 heterocycles. The molecule has 0 saturated carbocycles. The van der Waals surface area contributed by atoms with E-state index in [4.69, 9.17) is 37.7 Å². The molecule has 4 rings (SSSR count). The minimum absolute atomic E-state index is 0.840. The van der Waals surface area contributed by atoms with Crippen molar-refractivity contribution in [2.45, 2.75) is 233 Å². The van der Waals surface area contributed by atoms with E-state index in [0.717, 1.165) is 6.92 Å². The molecule has 0 radical (unpaired) electrons. The van der Waals surface area contributed by atoms with Gasteiger partial charge in [-0.3, -0.25) is 27.6 Å². The van der Waals surface area contributed by atoms with Crippen molar-refractivity contribution in [2.24, 2.45) is 0 Å². The average Bonchev–Trinajstić information content (AvgIpc) is 1.23. The standard InChI is InChI=1S/C26H42N2O37S5.C18H36/c1-4(30)27-7-9(31)13(6(56-23(7)39)3-55-67(43,44)45)58-26-19(65-70(52,53)54)12(34)16(20(62-26)22(37)38)60-24-8(28-66(40,41)42)15(63-68(46,47)48)14(5(2-29)57-24)59-25-18(64-69(49,50)51)11(33)10(32)17(61-25)21(35)36;1-3-5-7-9-11-13-15-17-18-16-14-12-10-8-6-4-2/h5-20,23-26,28-29,31-34,39H,2-3H2,1H3,(H,27,30)(H,35,36)(H,37,38)(H,40,41,42)(H,43,44,45)(H,46,47,48)(H,49,50,51)(H,52,53,54);3H,1,4-18H2,2H3/t5-,6+,7-,8-,9-,10-,11-,12+,13-,14-,15-,16+,17-,18+,19-,20+,23-,24+,25+,26-;/m1./s1. The van der Waals surface area contributed by atoms with Gasteiger partial charge in [0.2, 0.25) is 5.91 Å². The Kier molecular flexibility index (Phi) is 32.3. The van der Waals surface area contributed by atoms with Gasteiger partial charge in [0.05, 0.1) is 13.2 Å². The number of carboxylic acid groups (broad SMARTS) is 2. The highest BCUT2D eigenvalue weighted by atomic mass is 32.3. The van der Waals surface area contributed by atoms with E-state index in [2.05, 4.69) is 30.2 Å². The minimum Gasteiger partial charge on any atom is -0.479 e. The van der Waals surface area contributed by atoms with Gasteiger partial charge < -0.3 is 79.3 Å². The lowest BCUT2D eigenvalue weighted by atomic mass is 9.94. The fourth-order valence-electron chi connectivity index (χ4n) is 9.53. The smallest absolute Gasteiger partial charge is 0.397 e. The second-order valence-corrected chi connectivity index (χ2v) is 25.7. The van der Waals surface area contributed by atoms with Crippen LogP contribution in [0.3, 0.4) is 0 Å². The van der Waals surface area contributed by atoms with Crippen LogP contribution in [0.1, 0.15) is 110 Å². The van der Waals surface area contributed by atoms with Gasteiger partial charge in [-0.1, -0.05) is 96.5 Å². The van der Waals surface area contributed by atoms with Crippen LogP contribution < -0.4 is 10.0 Å². The molecule has 0 aromatic carbocycles. The number of aliphatic hydroxyl groups excluding tert-OH is 6. The number of hydrogen-bond acceptors (Lipinski definition) is 30. The maximum Gasteiger partial charge on any atom is 0.397 e. The zero-order valence-electron chi connectivity index (χ0n) is 47.0. The van der Waals surface area contributed by atoms with Crippen molar-refractivity contribution in [3.63, 3.8) is 0 Å². The molecule has 4 aliphatic rings. The van der Waals surface area contributed by atoms with Gasteiger partial charge in [0, 0.05) is 6.92 Å². The average molecular weight is 1390 g/mol. The number of carboxylic acids is 2. The summed E-state index contributed by atoms with van der Waals surface area (Å²) in [6, 6.07) is -4.96. The second-order valence-electron chi connectivity index (χ2n) is 20.3. The van der Waals surface area contributed by atoms with Crippen LogP contribution in [0.15, 0.2) is 12.7 Å². The molecule has 88 heavy (non-hydrogen) atoms. The number of aliphatic carboxylic acids is 2. The van der Waals surface area contributed by atoms with Crippen LogP contribution in [-0.2, 0) is 116 Å². The highest BCUT2D eigenvalue weighted by Crippen LogP contribution is 2.38. The molecule has 0 bridgehead atoms. The van der Waals surface area contributed by atoms with Gasteiger partial charge in [-0.2, -0.15) is 46.8 Å². The van der Waals surface area contributed by atoms with Crippen molar-refractivity contribution in [3.8, 4) is 0 Å². The number of aliphatic hydroxyl groups is 6. The van der Waals surface area contributed by atoms with E-state index in [-0.39, 0.29) is 0 Å². The molecule has 4 aliphatic heterocycles. The fourth-order valence-corrected chi connectivity index (χ4v) is 11.9. The molecule has 15 N–H and O–H groups in total. The lowest BCUT2D eigenvalue weighted by molar-refractivity contribution is -0.366. The first kappa shape index (κ1) is 79.2. The molecule has 4 fully saturated rings. The predicted octanol–water partition coefficient (Wildman–Crippen LogP) is -3.67. The molecule has 0 aromatic rings. The first-order chi connectivity index (χ1) is 40.7. The van der Waals surface area contributed by atoms with E-state index in [9.17, 15) is 116 Å². The Bertz CT molecular complexity index is 2780. The summed E-state index contributed by atoms with van der Waals surface area (Å²) < 4.78 is 222. The molecular weight excluding hydrogens is 1310 g/mol. The Morgan fingerprint density at radius 3 is 1.38 bits per heavy atom.